The number of hydrogen-bond donors (Lipinski definition) is 1. The summed E-state index contributed by atoms with van der Waals surface area (Å²) >= 11 is 3.26. The number of hydrogen-bond acceptors (Lipinski definition) is 2. The molecule has 0 atom stereocenters. The molecule has 0 radical (unpaired) electrons. The zero-order valence-corrected chi connectivity index (χ0v) is 7.44. The van der Waals surface area contributed by atoms with Crippen LogP contribution in [0.1, 0.15) is 11.3 Å². The van der Waals surface area contributed by atoms with E-state index in [2.05, 4.69) is 20.9 Å². The van der Waals surface area contributed by atoms with Gasteiger partial charge in [-0.25, -0.2) is 0 Å². The van der Waals surface area contributed by atoms with Gasteiger partial charge in [-0.15, -0.1) is 0 Å². The first-order valence-corrected chi connectivity index (χ1v) is 3.73. The fourth-order valence-corrected chi connectivity index (χ4v) is 0.986. The maximum atomic E-state index is 9.29. The van der Waals surface area contributed by atoms with Crippen LogP contribution in [0.2, 0.25) is 0 Å². The van der Waals surface area contributed by atoms with E-state index in [0.29, 0.717) is 5.69 Å². The molecular formula is C7H8BrNO. The van der Waals surface area contributed by atoms with Crippen molar-refractivity contribution >= 4 is 15.9 Å². The topological polar surface area (TPSA) is 33.1 Å². The van der Waals surface area contributed by atoms with Crippen molar-refractivity contribution in [1.29, 1.82) is 0 Å². The van der Waals surface area contributed by atoms with Crippen LogP contribution < -0.4 is 0 Å². The molecule has 1 aromatic rings. The molecule has 54 valence electrons. The predicted octanol–water partition coefficient (Wildman–Crippen LogP) is 2.17. The molecule has 10 heavy (non-hydrogen) atoms. The number of aromatic hydroxyl groups is 1. The smallest absolute Gasteiger partial charge is 0.140 e. The minimum Gasteiger partial charge on any atom is -0.506 e. The van der Waals surface area contributed by atoms with E-state index in [9.17, 15) is 5.11 Å². The number of halogens is 1. The molecule has 0 saturated heterocycles. The Bertz CT molecular complexity index is 233. The molecule has 0 bridgehead atoms. The summed E-state index contributed by atoms with van der Waals surface area (Å²) in [6.07, 6.45) is 1.68. The molecule has 2 nitrogen and oxygen atoms in total. The third-order valence-electron chi connectivity index (χ3n) is 1.43. The van der Waals surface area contributed by atoms with Crippen LogP contribution in [0.3, 0.4) is 0 Å². The van der Waals surface area contributed by atoms with Crippen LogP contribution in [0.4, 0.5) is 0 Å². The summed E-state index contributed by atoms with van der Waals surface area (Å²) in [5, 5.41) is 9.29. The third kappa shape index (κ3) is 1.14. The number of nitrogens with zero attached hydrogens (tertiary/aromatic N) is 1. The lowest BCUT2D eigenvalue weighted by molar-refractivity contribution is 0.462. The van der Waals surface area contributed by atoms with Crippen LogP contribution >= 0.6 is 15.9 Å². The molecule has 0 aromatic carbocycles. The number of aryl methyl sites for hydroxylation is 1. The minimum absolute atomic E-state index is 0.273. The van der Waals surface area contributed by atoms with E-state index >= 15 is 0 Å². The van der Waals surface area contributed by atoms with Crippen LogP contribution in [-0.4, -0.2) is 10.1 Å². The second kappa shape index (κ2) is 2.58. The highest BCUT2D eigenvalue weighted by atomic mass is 79.9. The zero-order chi connectivity index (χ0) is 7.72. The van der Waals surface area contributed by atoms with Gasteiger partial charge in [0, 0.05) is 16.2 Å². The molecule has 1 N–H and O–H groups in total. The van der Waals surface area contributed by atoms with Crippen LogP contribution in [0.15, 0.2) is 10.7 Å². The summed E-state index contributed by atoms with van der Waals surface area (Å²) in [6, 6.07) is 0. The Morgan fingerprint density at radius 2 is 2.10 bits per heavy atom. The van der Waals surface area contributed by atoms with Gasteiger partial charge in [0.2, 0.25) is 0 Å². The molecule has 3 heteroatoms. The van der Waals surface area contributed by atoms with Crippen molar-refractivity contribution in [2.24, 2.45) is 0 Å². The molecule has 1 rings (SSSR count). The van der Waals surface area contributed by atoms with Gasteiger partial charge >= 0.3 is 0 Å². The predicted molar refractivity (Wildman–Crippen MR) is 43.1 cm³/mol. The van der Waals surface area contributed by atoms with E-state index in [-0.39, 0.29) is 5.75 Å². The summed E-state index contributed by atoms with van der Waals surface area (Å²) in [7, 11) is 0. The minimum atomic E-state index is 0.273. The maximum absolute atomic E-state index is 9.29. The van der Waals surface area contributed by atoms with Gasteiger partial charge in [0.15, 0.2) is 0 Å². The quantitative estimate of drug-likeness (QED) is 0.699. The monoisotopic (exact) mass is 201 g/mol. The van der Waals surface area contributed by atoms with Gasteiger partial charge in [-0.05, 0) is 29.8 Å². The molecule has 0 aliphatic heterocycles. The van der Waals surface area contributed by atoms with Crippen LogP contribution in [0, 0.1) is 13.8 Å². The Hall–Kier alpha value is -0.570. The second-order valence-corrected chi connectivity index (χ2v) is 3.02. The van der Waals surface area contributed by atoms with E-state index in [4.69, 9.17) is 0 Å². The van der Waals surface area contributed by atoms with Crippen molar-refractivity contribution in [2.75, 3.05) is 0 Å². The molecule has 0 aliphatic rings. The second-order valence-electron chi connectivity index (χ2n) is 2.17. The number of rotatable bonds is 0. The van der Waals surface area contributed by atoms with E-state index in [1.165, 1.54) is 0 Å². The average molecular weight is 202 g/mol. The summed E-state index contributed by atoms with van der Waals surface area (Å²) in [5.41, 5.74) is 1.51. The molecule has 0 spiro atoms. The van der Waals surface area contributed by atoms with Crippen molar-refractivity contribution in [3.8, 4) is 5.75 Å². The number of aromatic nitrogens is 1. The molecule has 0 unspecified atom stereocenters. The first-order chi connectivity index (χ1) is 4.63. The Morgan fingerprint density at radius 3 is 2.60 bits per heavy atom. The molecule has 0 saturated carbocycles. The SMILES string of the molecule is Cc1ncc(Br)c(C)c1O. The standard InChI is InChI=1S/C7H8BrNO/c1-4-6(8)3-9-5(2)7(4)10/h3,10H,1-2H3. The first-order valence-electron chi connectivity index (χ1n) is 2.93. The van der Waals surface area contributed by atoms with Gasteiger partial charge in [0.05, 0.1) is 5.69 Å². The summed E-state index contributed by atoms with van der Waals surface area (Å²) < 4.78 is 0.843. The van der Waals surface area contributed by atoms with Crippen LogP contribution in [0.5, 0.6) is 5.75 Å². The highest BCUT2D eigenvalue weighted by molar-refractivity contribution is 9.10. The van der Waals surface area contributed by atoms with Crippen LogP contribution in [0.25, 0.3) is 0 Å². The molecule has 1 aromatic heterocycles. The highest BCUT2D eigenvalue weighted by Gasteiger charge is 2.03. The van der Waals surface area contributed by atoms with Gasteiger partial charge in [-0.3, -0.25) is 4.98 Å². The Labute approximate surface area is 68.0 Å². The van der Waals surface area contributed by atoms with Gasteiger partial charge in [-0.2, -0.15) is 0 Å². The van der Waals surface area contributed by atoms with Gasteiger partial charge in [-0.1, -0.05) is 0 Å². The van der Waals surface area contributed by atoms with Crippen molar-refractivity contribution < 1.29 is 5.11 Å². The van der Waals surface area contributed by atoms with Crippen molar-refractivity contribution in [2.45, 2.75) is 13.8 Å². The molecule has 0 amide bonds. The van der Waals surface area contributed by atoms with Crippen molar-refractivity contribution in [3.63, 3.8) is 0 Å². The Morgan fingerprint density at radius 1 is 1.50 bits per heavy atom. The lowest BCUT2D eigenvalue weighted by Gasteiger charge is -2.02. The average Bonchev–Trinajstić information content (AvgIpc) is 1.93. The van der Waals surface area contributed by atoms with Gasteiger partial charge in [0.1, 0.15) is 5.75 Å². The number of pyridine rings is 1. The largest absolute Gasteiger partial charge is 0.506 e. The Kier molecular flexibility index (Phi) is 1.94. The lowest BCUT2D eigenvalue weighted by Crippen LogP contribution is -1.85. The summed E-state index contributed by atoms with van der Waals surface area (Å²) in [5.74, 6) is 0.273. The van der Waals surface area contributed by atoms with Gasteiger partial charge < -0.3 is 5.11 Å². The molecule has 1 heterocycles. The van der Waals surface area contributed by atoms with Crippen molar-refractivity contribution in [1.82, 2.24) is 4.98 Å². The summed E-state index contributed by atoms with van der Waals surface area (Å²) in [4.78, 5) is 3.94. The fourth-order valence-electron chi connectivity index (χ4n) is 0.696. The van der Waals surface area contributed by atoms with E-state index in [1.54, 1.807) is 13.1 Å². The molecular weight excluding hydrogens is 194 g/mol. The van der Waals surface area contributed by atoms with E-state index < -0.39 is 0 Å². The van der Waals surface area contributed by atoms with Crippen molar-refractivity contribution in [3.05, 3.63) is 21.9 Å². The Balaban J connectivity index is 3.34. The molecule has 0 fully saturated rings. The van der Waals surface area contributed by atoms with E-state index in [0.717, 1.165) is 10.0 Å². The van der Waals surface area contributed by atoms with Gasteiger partial charge in [0.25, 0.3) is 0 Å². The first kappa shape index (κ1) is 7.54. The third-order valence-corrected chi connectivity index (χ3v) is 2.23. The lowest BCUT2D eigenvalue weighted by atomic mass is 10.2. The maximum Gasteiger partial charge on any atom is 0.140 e. The normalized spacial score (nSPS) is 9.90. The van der Waals surface area contributed by atoms with Crippen LogP contribution in [-0.2, 0) is 0 Å². The summed E-state index contributed by atoms with van der Waals surface area (Å²) in [6.45, 7) is 3.61. The highest BCUT2D eigenvalue weighted by Crippen LogP contribution is 2.25. The van der Waals surface area contributed by atoms with E-state index in [1.807, 2.05) is 6.92 Å². The molecule has 0 aliphatic carbocycles. The zero-order valence-electron chi connectivity index (χ0n) is 5.85. The fraction of sp³-hybridized carbons (Fsp3) is 0.286.